The quantitative estimate of drug-likeness (QED) is 0.898. The van der Waals surface area contributed by atoms with Crippen LogP contribution in [0.15, 0.2) is 18.2 Å². The van der Waals surface area contributed by atoms with Gasteiger partial charge in [-0.1, -0.05) is 6.92 Å². The molecule has 1 N–H and O–H groups in total. The number of halogens is 1. The van der Waals surface area contributed by atoms with Crippen molar-refractivity contribution in [2.45, 2.75) is 38.8 Å². The molecule has 1 fully saturated rings. The van der Waals surface area contributed by atoms with Gasteiger partial charge < -0.3 is 10.2 Å². The van der Waals surface area contributed by atoms with Gasteiger partial charge in [-0.2, -0.15) is 5.26 Å². The normalized spacial score (nSPS) is 17.1. The van der Waals surface area contributed by atoms with Crippen LogP contribution < -0.4 is 5.32 Å². The minimum absolute atomic E-state index is 0.279. The Balaban J connectivity index is 1.85. The SMILES string of the molecule is CCCN1CCC(NCc2cc(F)ccc2C#N)CC1. The van der Waals surface area contributed by atoms with Crippen molar-refractivity contribution in [3.63, 3.8) is 0 Å². The monoisotopic (exact) mass is 275 g/mol. The second kappa shape index (κ2) is 7.37. The van der Waals surface area contributed by atoms with E-state index < -0.39 is 0 Å². The summed E-state index contributed by atoms with van der Waals surface area (Å²) in [5.74, 6) is -0.279. The molecule has 108 valence electrons. The molecule has 20 heavy (non-hydrogen) atoms. The molecule has 0 saturated carbocycles. The van der Waals surface area contributed by atoms with E-state index in [1.54, 1.807) is 6.07 Å². The van der Waals surface area contributed by atoms with E-state index in [9.17, 15) is 4.39 Å². The maximum Gasteiger partial charge on any atom is 0.123 e. The maximum absolute atomic E-state index is 13.2. The fraction of sp³-hybridized carbons (Fsp3) is 0.562. The van der Waals surface area contributed by atoms with Crippen LogP contribution in [-0.4, -0.2) is 30.6 Å². The zero-order valence-electron chi connectivity index (χ0n) is 12.0. The third-order valence-corrected chi connectivity index (χ3v) is 3.90. The van der Waals surface area contributed by atoms with E-state index in [4.69, 9.17) is 5.26 Å². The highest BCUT2D eigenvalue weighted by Crippen LogP contribution is 2.14. The fourth-order valence-corrected chi connectivity index (χ4v) is 2.75. The minimum Gasteiger partial charge on any atom is -0.310 e. The highest BCUT2D eigenvalue weighted by atomic mass is 19.1. The van der Waals surface area contributed by atoms with E-state index in [-0.39, 0.29) is 5.82 Å². The Bertz CT molecular complexity index is 473. The lowest BCUT2D eigenvalue weighted by atomic mass is 10.0. The molecule has 1 aliphatic heterocycles. The van der Waals surface area contributed by atoms with Crippen molar-refractivity contribution in [1.82, 2.24) is 10.2 Å². The lowest BCUT2D eigenvalue weighted by molar-refractivity contribution is 0.197. The second-order valence-corrected chi connectivity index (χ2v) is 5.41. The van der Waals surface area contributed by atoms with Crippen LogP contribution in [0.2, 0.25) is 0 Å². The van der Waals surface area contributed by atoms with Gasteiger partial charge in [-0.3, -0.25) is 0 Å². The average Bonchev–Trinajstić information content (AvgIpc) is 2.47. The summed E-state index contributed by atoms with van der Waals surface area (Å²) >= 11 is 0. The van der Waals surface area contributed by atoms with E-state index >= 15 is 0 Å². The van der Waals surface area contributed by atoms with Crippen molar-refractivity contribution >= 4 is 0 Å². The van der Waals surface area contributed by atoms with E-state index in [1.807, 2.05) is 0 Å². The molecule has 1 saturated heterocycles. The average molecular weight is 275 g/mol. The summed E-state index contributed by atoms with van der Waals surface area (Å²) in [6.07, 6.45) is 3.45. The first-order chi connectivity index (χ1) is 9.72. The molecule has 0 spiro atoms. The highest BCUT2D eigenvalue weighted by molar-refractivity contribution is 5.37. The Hall–Kier alpha value is -1.44. The van der Waals surface area contributed by atoms with Gasteiger partial charge in [-0.25, -0.2) is 4.39 Å². The van der Waals surface area contributed by atoms with Gasteiger partial charge in [0.05, 0.1) is 11.6 Å². The zero-order valence-corrected chi connectivity index (χ0v) is 12.0. The molecule has 1 heterocycles. The van der Waals surface area contributed by atoms with Gasteiger partial charge in [-0.15, -0.1) is 0 Å². The molecule has 0 radical (unpaired) electrons. The molecule has 0 aliphatic carbocycles. The fourth-order valence-electron chi connectivity index (χ4n) is 2.75. The number of benzene rings is 1. The molecule has 1 aromatic rings. The summed E-state index contributed by atoms with van der Waals surface area (Å²) < 4.78 is 13.2. The van der Waals surface area contributed by atoms with Gasteiger partial charge in [0.2, 0.25) is 0 Å². The largest absolute Gasteiger partial charge is 0.310 e. The Morgan fingerprint density at radius 3 is 2.80 bits per heavy atom. The van der Waals surface area contributed by atoms with Gasteiger partial charge in [0.15, 0.2) is 0 Å². The lowest BCUT2D eigenvalue weighted by Gasteiger charge is -2.32. The van der Waals surface area contributed by atoms with Crippen molar-refractivity contribution in [2.75, 3.05) is 19.6 Å². The summed E-state index contributed by atoms with van der Waals surface area (Å²) in [6, 6.07) is 6.94. The summed E-state index contributed by atoms with van der Waals surface area (Å²) in [5, 5.41) is 12.5. The molecule has 0 aromatic heterocycles. The molecule has 0 atom stereocenters. The van der Waals surface area contributed by atoms with Crippen LogP contribution in [0.1, 0.15) is 37.3 Å². The Morgan fingerprint density at radius 1 is 1.40 bits per heavy atom. The Morgan fingerprint density at radius 2 is 2.15 bits per heavy atom. The van der Waals surface area contributed by atoms with Crippen LogP contribution in [0.5, 0.6) is 0 Å². The summed E-state index contributed by atoms with van der Waals surface area (Å²) in [6.45, 7) is 6.20. The maximum atomic E-state index is 13.2. The van der Waals surface area contributed by atoms with Crippen LogP contribution in [0, 0.1) is 17.1 Å². The van der Waals surface area contributed by atoms with Crippen LogP contribution in [-0.2, 0) is 6.54 Å². The summed E-state index contributed by atoms with van der Waals surface area (Å²) in [7, 11) is 0. The summed E-state index contributed by atoms with van der Waals surface area (Å²) in [5.41, 5.74) is 1.31. The van der Waals surface area contributed by atoms with E-state index in [0.717, 1.165) is 31.5 Å². The van der Waals surface area contributed by atoms with Gasteiger partial charge in [-0.05, 0) is 62.7 Å². The molecular formula is C16H22FN3. The first-order valence-electron chi connectivity index (χ1n) is 7.37. The predicted molar refractivity (Wildman–Crippen MR) is 77.7 cm³/mol. The van der Waals surface area contributed by atoms with E-state index in [1.165, 1.54) is 25.1 Å². The van der Waals surface area contributed by atoms with Crippen LogP contribution >= 0.6 is 0 Å². The van der Waals surface area contributed by atoms with Crippen molar-refractivity contribution in [1.29, 1.82) is 5.26 Å². The number of nitrogens with one attached hydrogen (secondary N) is 1. The number of hydrogen-bond donors (Lipinski definition) is 1. The highest BCUT2D eigenvalue weighted by Gasteiger charge is 2.18. The van der Waals surface area contributed by atoms with Crippen LogP contribution in [0.25, 0.3) is 0 Å². The molecule has 4 heteroatoms. The third-order valence-electron chi connectivity index (χ3n) is 3.90. The number of likely N-dealkylation sites (tertiary alicyclic amines) is 1. The van der Waals surface area contributed by atoms with E-state index in [0.29, 0.717) is 18.2 Å². The first kappa shape index (κ1) is 15.0. The number of nitriles is 1. The number of hydrogen-bond acceptors (Lipinski definition) is 3. The van der Waals surface area contributed by atoms with E-state index in [2.05, 4.69) is 23.2 Å². The van der Waals surface area contributed by atoms with Gasteiger partial charge >= 0.3 is 0 Å². The first-order valence-corrected chi connectivity index (χ1v) is 7.37. The summed E-state index contributed by atoms with van der Waals surface area (Å²) in [4.78, 5) is 2.49. The molecule has 0 amide bonds. The van der Waals surface area contributed by atoms with Crippen LogP contribution in [0.3, 0.4) is 0 Å². The minimum atomic E-state index is -0.279. The second-order valence-electron chi connectivity index (χ2n) is 5.41. The molecular weight excluding hydrogens is 253 g/mol. The van der Waals surface area contributed by atoms with Crippen molar-refractivity contribution < 1.29 is 4.39 Å². The molecule has 1 aromatic carbocycles. The van der Waals surface area contributed by atoms with Gasteiger partial charge in [0.25, 0.3) is 0 Å². The van der Waals surface area contributed by atoms with Gasteiger partial charge in [0, 0.05) is 12.6 Å². The Labute approximate surface area is 120 Å². The Kier molecular flexibility index (Phi) is 5.51. The molecule has 0 unspecified atom stereocenters. The number of nitrogens with zero attached hydrogens (tertiary/aromatic N) is 2. The molecule has 3 nitrogen and oxygen atoms in total. The lowest BCUT2D eigenvalue weighted by Crippen LogP contribution is -2.42. The van der Waals surface area contributed by atoms with Crippen molar-refractivity contribution in [3.8, 4) is 6.07 Å². The predicted octanol–water partition coefficient (Wildman–Crippen LogP) is 2.66. The van der Waals surface area contributed by atoms with Gasteiger partial charge in [0.1, 0.15) is 5.82 Å². The van der Waals surface area contributed by atoms with Crippen molar-refractivity contribution in [3.05, 3.63) is 35.1 Å². The topological polar surface area (TPSA) is 39.1 Å². The molecule has 2 rings (SSSR count). The van der Waals surface area contributed by atoms with Crippen LogP contribution in [0.4, 0.5) is 4.39 Å². The standard InChI is InChI=1S/C16H22FN3/c1-2-7-20-8-5-16(6-9-20)19-12-14-10-15(17)4-3-13(14)11-18/h3-4,10,16,19H,2,5-9,12H2,1H3. The molecule has 1 aliphatic rings. The number of rotatable bonds is 5. The molecule has 0 bridgehead atoms. The smallest absolute Gasteiger partial charge is 0.123 e. The van der Waals surface area contributed by atoms with Crippen molar-refractivity contribution in [2.24, 2.45) is 0 Å². The third kappa shape index (κ3) is 4.03. The zero-order chi connectivity index (χ0) is 14.4. The number of piperidine rings is 1.